The van der Waals surface area contributed by atoms with Gasteiger partial charge < -0.3 is 30.3 Å². The van der Waals surface area contributed by atoms with Crippen molar-refractivity contribution in [3.8, 4) is 0 Å². The van der Waals surface area contributed by atoms with E-state index >= 15 is 0 Å². The number of amides is 2. The standard InChI is InChI=1S/C22H27N5O10/c1-22(2,3)37-19(31)13(24-20(32)23-11-4-6-12(7-5-11)27(34)35)10-14-16(29)17(30)18(36-14)26-9-8-15(28)25-21(26)33/h4-9,13-14,16-18,29-30H,10H2,1-3H3,(H2,23,24,32)(H,25,28,33)/t13-,14-,16-,17-,18-/m1/s1. The highest BCUT2D eigenvalue weighted by Gasteiger charge is 2.46. The molecule has 1 aliphatic rings. The number of hydrogen-bond donors (Lipinski definition) is 5. The molecule has 0 unspecified atom stereocenters. The van der Waals surface area contributed by atoms with E-state index in [1.54, 1.807) is 20.8 Å². The summed E-state index contributed by atoms with van der Waals surface area (Å²) in [7, 11) is 0. The number of ether oxygens (including phenoxy) is 2. The summed E-state index contributed by atoms with van der Waals surface area (Å²) in [4.78, 5) is 61.1. The summed E-state index contributed by atoms with van der Waals surface area (Å²) in [6.07, 6.45) is -5.02. The van der Waals surface area contributed by atoms with E-state index in [9.17, 15) is 39.5 Å². The molecule has 15 heteroatoms. The number of rotatable bonds is 7. The van der Waals surface area contributed by atoms with Crippen molar-refractivity contribution in [3.05, 3.63) is 67.5 Å². The van der Waals surface area contributed by atoms with Crippen LogP contribution in [0, 0.1) is 10.1 Å². The Balaban J connectivity index is 1.76. The second-order valence-electron chi connectivity index (χ2n) is 9.29. The average Bonchev–Trinajstić information content (AvgIpc) is 3.06. The second kappa shape index (κ2) is 10.9. The second-order valence-corrected chi connectivity index (χ2v) is 9.29. The number of hydrogen-bond acceptors (Lipinski definition) is 10. The molecule has 1 aromatic carbocycles. The summed E-state index contributed by atoms with van der Waals surface area (Å²) in [6, 6.07) is 3.78. The molecule has 2 aromatic rings. The molecule has 2 amide bonds. The van der Waals surface area contributed by atoms with Gasteiger partial charge in [0.15, 0.2) is 6.23 Å². The fraction of sp³-hybridized carbons (Fsp3) is 0.455. The fourth-order valence-corrected chi connectivity index (χ4v) is 3.59. The molecule has 37 heavy (non-hydrogen) atoms. The van der Waals surface area contributed by atoms with Gasteiger partial charge in [-0.1, -0.05) is 0 Å². The van der Waals surface area contributed by atoms with E-state index in [2.05, 4.69) is 10.6 Å². The first kappa shape index (κ1) is 27.5. The molecule has 2 heterocycles. The number of nitrogens with zero attached hydrogens (tertiary/aromatic N) is 2. The van der Waals surface area contributed by atoms with Gasteiger partial charge in [-0.25, -0.2) is 14.4 Å². The zero-order valence-electron chi connectivity index (χ0n) is 20.1. The van der Waals surface area contributed by atoms with Crippen molar-refractivity contribution in [3.63, 3.8) is 0 Å². The molecule has 1 fully saturated rings. The summed E-state index contributed by atoms with van der Waals surface area (Å²) >= 11 is 0. The molecule has 5 atom stereocenters. The molecule has 15 nitrogen and oxygen atoms in total. The number of H-pyrrole nitrogens is 1. The van der Waals surface area contributed by atoms with Crippen LogP contribution in [0.15, 0.2) is 46.1 Å². The topological polar surface area (TPSA) is 215 Å². The lowest BCUT2D eigenvalue weighted by molar-refractivity contribution is -0.384. The van der Waals surface area contributed by atoms with Crippen molar-refractivity contribution >= 4 is 23.4 Å². The zero-order chi connectivity index (χ0) is 27.5. The van der Waals surface area contributed by atoms with Crippen molar-refractivity contribution in [2.75, 3.05) is 5.32 Å². The fourth-order valence-electron chi connectivity index (χ4n) is 3.59. The predicted molar refractivity (Wildman–Crippen MR) is 127 cm³/mol. The van der Waals surface area contributed by atoms with Gasteiger partial charge in [-0.3, -0.25) is 24.5 Å². The molecular formula is C22H27N5O10. The van der Waals surface area contributed by atoms with E-state index < -0.39 is 64.4 Å². The molecule has 3 rings (SSSR count). The van der Waals surface area contributed by atoms with E-state index in [0.717, 1.165) is 16.8 Å². The van der Waals surface area contributed by atoms with E-state index in [4.69, 9.17) is 9.47 Å². The largest absolute Gasteiger partial charge is 0.458 e. The van der Waals surface area contributed by atoms with Crippen LogP contribution in [0.25, 0.3) is 0 Å². The van der Waals surface area contributed by atoms with E-state index in [1.807, 2.05) is 4.98 Å². The van der Waals surface area contributed by atoms with Crippen LogP contribution < -0.4 is 21.9 Å². The van der Waals surface area contributed by atoms with Crippen molar-refractivity contribution in [2.24, 2.45) is 0 Å². The minimum Gasteiger partial charge on any atom is -0.458 e. The number of nitro benzene ring substituents is 1. The Morgan fingerprint density at radius 1 is 1.19 bits per heavy atom. The van der Waals surface area contributed by atoms with Gasteiger partial charge in [-0.2, -0.15) is 0 Å². The van der Waals surface area contributed by atoms with Gasteiger partial charge in [0.2, 0.25) is 0 Å². The number of aromatic amines is 1. The third kappa shape index (κ3) is 6.99. The van der Waals surface area contributed by atoms with Crippen LogP contribution in [0.5, 0.6) is 0 Å². The van der Waals surface area contributed by atoms with Crippen LogP contribution in [-0.4, -0.2) is 66.6 Å². The lowest BCUT2D eigenvalue weighted by Gasteiger charge is -2.26. The lowest BCUT2D eigenvalue weighted by atomic mass is 10.0. The number of esters is 1. The molecule has 1 aromatic heterocycles. The number of aromatic nitrogens is 2. The van der Waals surface area contributed by atoms with Crippen molar-refractivity contribution in [1.29, 1.82) is 0 Å². The van der Waals surface area contributed by atoms with Crippen LogP contribution >= 0.6 is 0 Å². The van der Waals surface area contributed by atoms with Gasteiger partial charge in [-0.15, -0.1) is 0 Å². The molecule has 0 radical (unpaired) electrons. The van der Waals surface area contributed by atoms with Crippen LogP contribution in [0.4, 0.5) is 16.2 Å². The average molecular weight is 521 g/mol. The number of aliphatic hydroxyl groups is 2. The van der Waals surface area contributed by atoms with Crippen molar-refractivity contribution < 1.29 is 34.2 Å². The van der Waals surface area contributed by atoms with Crippen LogP contribution in [0.1, 0.15) is 33.4 Å². The molecule has 1 aliphatic heterocycles. The number of nitrogens with one attached hydrogen (secondary N) is 3. The Labute approximate surface area is 209 Å². The number of carbonyl (C=O) groups excluding carboxylic acids is 2. The summed E-state index contributed by atoms with van der Waals surface area (Å²) < 4.78 is 11.9. The molecule has 0 saturated carbocycles. The Morgan fingerprint density at radius 3 is 2.41 bits per heavy atom. The first-order valence-electron chi connectivity index (χ1n) is 11.1. The van der Waals surface area contributed by atoms with Gasteiger partial charge in [0, 0.05) is 36.5 Å². The Bertz CT molecular complexity index is 1270. The van der Waals surface area contributed by atoms with Crippen LogP contribution in [0.3, 0.4) is 0 Å². The number of aliphatic hydroxyl groups excluding tert-OH is 2. The molecule has 0 spiro atoms. The van der Waals surface area contributed by atoms with Gasteiger partial charge >= 0.3 is 17.7 Å². The Hall–Kier alpha value is -4.08. The minimum absolute atomic E-state index is 0.181. The van der Waals surface area contributed by atoms with E-state index in [-0.39, 0.29) is 17.8 Å². The number of non-ortho nitro benzene ring substituents is 1. The zero-order valence-corrected chi connectivity index (χ0v) is 20.1. The number of carbonyl (C=O) groups is 2. The van der Waals surface area contributed by atoms with Gasteiger partial charge in [0.1, 0.15) is 23.9 Å². The summed E-state index contributed by atoms with van der Waals surface area (Å²) in [5.41, 5.74) is -2.45. The van der Waals surface area contributed by atoms with Gasteiger partial charge in [0.25, 0.3) is 11.2 Å². The quantitative estimate of drug-likeness (QED) is 0.186. The maximum Gasteiger partial charge on any atom is 0.330 e. The van der Waals surface area contributed by atoms with Crippen molar-refractivity contribution in [1.82, 2.24) is 14.9 Å². The lowest BCUT2D eigenvalue weighted by Crippen LogP contribution is -2.48. The third-order valence-corrected chi connectivity index (χ3v) is 5.26. The summed E-state index contributed by atoms with van der Waals surface area (Å²) in [5.74, 6) is -0.860. The number of benzene rings is 1. The molecule has 200 valence electrons. The summed E-state index contributed by atoms with van der Waals surface area (Å²) in [5, 5.41) is 36.7. The normalized spacial score (nSPS) is 22.2. The monoisotopic (exact) mass is 521 g/mol. The third-order valence-electron chi connectivity index (χ3n) is 5.26. The highest BCUT2D eigenvalue weighted by Crippen LogP contribution is 2.31. The first-order chi connectivity index (χ1) is 17.2. The highest BCUT2D eigenvalue weighted by molar-refractivity contribution is 5.92. The maximum absolute atomic E-state index is 12.9. The Morgan fingerprint density at radius 2 is 1.84 bits per heavy atom. The van der Waals surface area contributed by atoms with Crippen molar-refractivity contribution in [2.45, 2.75) is 63.4 Å². The maximum atomic E-state index is 12.9. The predicted octanol–water partition coefficient (Wildman–Crippen LogP) is -0.0139. The molecular weight excluding hydrogens is 494 g/mol. The molecule has 0 bridgehead atoms. The van der Waals surface area contributed by atoms with Crippen LogP contribution in [-0.2, 0) is 14.3 Å². The Kier molecular flexibility index (Phi) is 8.10. The first-order valence-corrected chi connectivity index (χ1v) is 11.1. The van der Waals surface area contributed by atoms with Gasteiger partial charge in [0.05, 0.1) is 11.0 Å². The minimum atomic E-state index is -1.60. The van der Waals surface area contributed by atoms with E-state index in [0.29, 0.717) is 0 Å². The molecule has 1 saturated heterocycles. The number of nitro groups is 1. The molecule has 5 N–H and O–H groups in total. The number of anilines is 1. The molecule has 0 aliphatic carbocycles. The van der Waals surface area contributed by atoms with Gasteiger partial charge in [-0.05, 0) is 32.9 Å². The summed E-state index contributed by atoms with van der Waals surface area (Å²) in [6.45, 7) is 4.84. The number of urea groups is 1. The SMILES string of the molecule is CC(C)(C)OC(=O)[C@@H](C[C@H]1O[C@@H](n2ccc(=O)[nH]c2=O)[C@H](O)[C@@H]1O)NC(=O)Nc1ccc([N+](=O)[O-])cc1. The van der Waals surface area contributed by atoms with Crippen LogP contribution in [0.2, 0.25) is 0 Å². The smallest absolute Gasteiger partial charge is 0.330 e. The van der Waals surface area contributed by atoms with E-state index in [1.165, 1.54) is 24.3 Å². The highest BCUT2D eigenvalue weighted by atomic mass is 16.6.